The summed E-state index contributed by atoms with van der Waals surface area (Å²) in [6, 6.07) is 15.4. The quantitative estimate of drug-likeness (QED) is 0.710. The van der Waals surface area contributed by atoms with Crippen LogP contribution in [0.3, 0.4) is 0 Å². The van der Waals surface area contributed by atoms with Gasteiger partial charge < -0.3 is 14.9 Å². The highest BCUT2D eigenvalue weighted by Gasteiger charge is 2.04. The number of anilines is 1. The molecule has 0 spiro atoms. The highest BCUT2D eigenvalue weighted by molar-refractivity contribution is 5.96. The minimum absolute atomic E-state index is 0.418. The Morgan fingerprint density at radius 3 is 2.61 bits per heavy atom. The summed E-state index contributed by atoms with van der Waals surface area (Å²) < 4.78 is 11.0. The van der Waals surface area contributed by atoms with Crippen molar-refractivity contribution in [3.8, 4) is 5.75 Å². The second-order valence-corrected chi connectivity index (χ2v) is 4.07. The fourth-order valence-electron chi connectivity index (χ4n) is 1.97. The molecule has 3 heteroatoms. The van der Waals surface area contributed by atoms with Gasteiger partial charge in [-0.25, -0.2) is 0 Å². The van der Waals surface area contributed by atoms with Crippen LogP contribution >= 0.6 is 0 Å². The number of hydrogen-bond acceptors (Lipinski definition) is 3. The van der Waals surface area contributed by atoms with Crippen molar-refractivity contribution in [3.05, 3.63) is 60.6 Å². The van der Waals surface area contributed by atoms with E-state index in [-0.39, 0.29) is 0 Å². The van der Waals surface area contributed by atoms with Gasteiger partial charge in [-0.15, -0.1) is 0 Å². The van der Waals surface area contributed by atoms with Gasteiger partial charge in [-0.2, -0.15) is 0 Å². The molecule has 3 rings (SSSR count). The first-order valence-corrected chi connectivity index (χ1v) is 5.77. The summed E-state index contributed by atoms with van der Waals surface area (Å²) in [5.41, 5.74) is 6.70. The third-order valence-corrected chi connectivity index (χ3v) is 2.87. The van der Waals surface area contributed by atoms with Crippen molar-refractivity contribution in [3.63, 3.8) is 0 Å². The van der Waals surface area contributed by atoms with E-state index in [4.69, 9.17) is 14.9 Å². The molecule has 3 nitrogen and oxygen atoms in total. The molecule has 3 aromatic rings. The van der Waals surface area contributed by atoms with Crippen LogP contribution in [0.25, 0.3) is 10.8 Å². The molecule has 0 radical (unpaired) electrons. The monoisotopic (exact) mass is 239 g/mol. The zero-order chi connectivity index (χ0) is 12.4. The third kappa shape index (κ3) is 1.91. The van der Waals surface area contributed by atoms with Gasteiger partial charge >= 0.3 is 0 Å². The Bertz CT molecular complexity index is 659. The molecule has 90 valence electrons. The number of nitrogen functional groups attached to an aromatic ring is 1. The molecule has 0 fully saturated rings. The lowest BCUT2D eigenvalue weighted by molar-refractivity contribution is 0.273. The van der Waals surface area contributed by atoms with Gasteiger partial charge in [0.25, 0.3) is 0 Å². The molecule has 0 saturated heterocycles. The van der Waals surface area contributed by atoms with Crippen LogP contribution in [0.5, 0.6) is 5.75 Å². The van der Waals surface area contributed by atoms with Gasteiger partial charge in [0.05, 0.1) is 6.26 Å². The molecule has 0 atom stereocenters. The van der Waals surface area contributed by atoms with Crippen LogP contribution in [0.15, 0.2) is 59.2 Å². The van der Waals surface area contributed by atoms with Crippen molar-refractivity contribution in [1.29, 1.82) is 0 Å². The first kappa shape index (κ1) is 10.7. The van der Waals surface area contributed by atoms with Crippen molar-refractivity contribution in [2.75, 3.05) is 5.73 Å². The van der Waals surface area contributed by atoms with Crippen molar-refractivity contribution < 1.29 is 9.15 Å². The molecule has 0 aliphatic heterocycles. The maximum Gasteiger partial charge on any atom is 0.146 e. The summed E-state index contributed by atoms with van der Waals surface area (Å²) in [4.78, 5) is 0. The van der Waals surface area contributed by atoms with Crippen molar-refractivity contribution >= 4 is 16.5 Å². The van der Waals surface area contributed by atoms with Gasteiger partial charge in [-0.3, -0.25) is 0 Å². The molecule has 0 saturated carbocycles. The minimum atomic E-state index is 0.418. The Hall–Kier alpha value is -2.42. The number of rotatable bonds is 3. The highest BCUT2D eigenvalue weighted by atomic mass is 16.5. The van der Waals surface area contributed by atoms with Crippen LogP contribution in [0.1, 0.15) is 5.76 Å². The van der Waals surface area contributed by atoms with E-state index in [1.54, 1.807) is 6.26 Å². The molecule has 0 unspecified atom stereocenters. The van der Waals surface area contributed by atoms with Crippen molar-refractivity contribution in [2.24, 2.45) is 0 Å². The van der Waals surface area contributed by atoms with E-state index in [2.05, 4.69) is 0 Å². The fourth-order valence-corrected chi connectivity index (χ4v) is 1.97. The van der Waals surface area contributed by atoms with Crippen LogP contribution in [-0.4, -0.2) is 0 Å². The molecule has 0 amide bonds. The number of hydrogen-bond donors (Lipinski definition) is 1. The minimum Gasteiger partial charge on any atom is -0.485 e. The molecule has 1 aromatic heterocycles. The summed E-state index contributed by atoms with van der Waals surface area (Å²) in [5, 5.41) is 2.03. The maximum atomic E-state index is 5.94. The predicted octanol–water partition coefficient (Wildman–Crippen LogP) is 3.59. The molecule has 0 bridgehead atoms. The topological polar surface area (TPSA) is 48.4 Å². The van der Waals surface area contributed by atoms with Gasteiger partial charge in [-0.05, 0) is 24.3 Å². The maximum absolute atomic E-state index is 5.94. The summed E-state index contributed by atoms with van der Waals surface area (Å²) in [6.45, 7) is 0.418. The Morgan fingerprint density at radius 1 is 0.944 bits per heavy atom. The average molecular weight is 239 g/mol. The molecule has 1 heterocycles. The number of furan rings is 1. The lowest BCUT2D eigenvalue weighted by atomic mass is 10.1. The SMILES string of the molecule is Nc1cccc2c(OCc3ccco3)cccc12. The number of ether oxygens (including phenoxy) is 1. The Labute approximate surface area is 105 Å². The van der Waals surface area contributed by atoms with E-state index < -0.39 is 0 Å². The summed E-state index contributed by atoms with van der Waals surface area (Å²) >= 11 is 0. The average Bonchev–Trinajstić information content (AvgIpc) is 2.90. The Balaban J connectivity index is 1.94. The van der Waals surface area contributed by atoms with E-state index in [0.717, 1.165) is 28.0 Å². The van der Waals surface area contributed by atoms with Crippen LogP contribution in [0.4, 0.5) is 5.69 Å². The Morgan fingerprint density at radius 2 is 1.78 bits per heavy atom. The van der Waals surface area contributed by atoms with E-state index in [0.29, 0.717) is 6.61 Å². The van der Waals surface area contributed by atoms with Crippen LogP contribution in [-0.2, 0) is 6.61 Å². The zero-order valence-electron chi connectivity index (χ0n) is 9.80. The lowest BCUT2D eigenvalue weighted by Gasteiger charge is -2.09. The van der Waals surface area contributed by atoms with Gasteiger partial charge in [0.15, 0.2) is 0 Å². The summed E-state index contributed by atoms with van der Waals surface area (Å²) in [6.07, 6.45) is 1.64. The Kier molecular flexibility index (Phi) is 2.65. The lowest BCUT2D eigenvalue weighted by Crippen LogP contribution is -1.95. The van der Waals surface area contributed by atoms with Gasteiger partial charge in [-0.1, -0.05) is 24.3 Å². The van der Waals surface area contributed by atoms with E-state index in [1.807, 2.05) is 48.5 Å². The first-order chi connectivity index (χ1) is 8.84. The number of nitrogens with two attached hydrogens (primary N) is 1. The number of fused-ring (bicyclic) bond motifs is 1. The van der Waals surface area contributed by atoms with Crippen molar-refractivity contribution in [1.82, 2.24) is 0 Å². The molecule has 0 aliphatic rings. The summed E-state index contributed by atoms with van der Waals surface area (Å²) in [5.74, 6) is 1.62. The first-order valence-electron chi connectivity index (χ1n) is 5.77. The van der Waals surface area contributed by atoms with Crippen LogP contribution < -0.4 is 10.5 Å². The zero-order valence-corrected chi connectivity index (χ0v) is 9.80. The van der Waals surface area contributed by atoms with E-state index in [9.17, 15) is 0 Å². The van der Waals surface area contributed by atoms with Crippen LogP contribution in [0, 0.1) is 0 Å². The number of benzene rings is 2. The molecule has 18 heavy (non-hydrogen) atoms. The van der Waals surface area contributed by atoms with E-state index in [1.165, 1.54) is 0 Å². The van der Waals surface area contributed by atoms with Crippen LogP contribution in [0.2, 0.25) is 0 Å². The summed E-state index contributed by atoms with van der Waals surface area (Å²) in [7, 11) is 0. The third-order valence-electron chi connectivity index (χ3n) is 2.87. The normalized spacial score (nSPS) is 10.7. The predicted molar refractivity (Wildman–Crippen MR) is 71.4 cm³/mol. The van der Waals surface area contributed by atoms with Crippen molar-refractivity contribution in [2.45, 2.75) is 6.61 Å². The van der Waals surface area contributed by atoms with Gasteiger partial charge in [0.1, 0.15) is 18.1 Å². The molecule has 2 aromatic carbocycles. The molecular formula is C15H13NO2. The molecule has 2 N–H and O–H groups in total. The largest absolute Gasteiger partial charge is 0.485 e. The second kappa shape index (κ2) is 4.45. The smallest absolute Gasteiger partial charge is 0.146 e. The van der Waals surface area contributed by atoms with E-state index >= 15 is 0 Å². The molecular weight excluding hydrogens is 226 g/mol. The second-order valence-electron chi connectivity index (χ2n) is 4.07. The fraction of sp³-hybridized carbons (Fsp3) is 0.0667. The van der Waals surface area contributed by atoms with Gasteiger partial charge in [0, 0.05) is 16.5 Å². The standard InChI is InChI=1S/C15H13NO2/c16-14-7-1-6-13-12(14)5-2-8-15(13)18-10-11-4-3-9-17-11/h1-9H,10,16H2. The molecule has 0 aliphatic carbocycles. The highest BCUT2D eigenvalue weighted by Crippen LogP contribution is 2.29. The van der Waals surface area contributed by atoms with Gasteiger partial charge in [0.2, 0.25) is 0 Å².